The van der Waals surface area contributed by atoms with Crippen LogP contribution >= 0.6 is 34.7 Å². The Kier molecular flexibility index (Phi) is 8.14. The lowest BCUT2D eigenvalue weighted by molar-refractivity contribution is -0.150. The van der Waals surface area contributed by atoms with E-state index in [1.807, 2.05) is 0 Å². The summed E-state index contributed by atoms with van der Waals surface area (Å²) in [4.78, 5) is 28.2. The number of hydrogen-bond donors (Lipinski definition) is 2. The Balaban J connectivity index is 1.57. The van der Waals surface area contributed by atoms with Crippen LogP contribution in [-0.4, -0.2) is 48.2 Å². The van der Waals surface area contributed by atoms with Crippen LogP contribution in [0, 0.1) is 0 Å². The third-order valence-electron chi connectivity index (χ3n) is 4.27. The van der Waals surface area contributed by atoms with Gasteiger partial charge in [0, 0.05) is 33.6 Å². The fourth-order valence-corrected chi connectivity index (χ4v) is 5.14. The van der Waals surface area contributed by atoms with Gasteiger partial charge in [0.25, 0.3) is 0 Å². The van der Waals surface area contributed by atoms with E-state index in [-0.39, 0.29) is 23.0 Å². The molecule has 0 aliphatic carbocycles. The molecule has 0 bridgehead atoms. The highest BCUT2D eigenvalue weighted by molar-refractivity contribution is 8.01. The lowest BCUT2D eigenvalue weighted by atomic mass is 10.1. The second-order valence-corrected chi connectivity index (χ2v) is 11.1. The average Bonchev–Trinajstić information content (AvgIpc) is 3.30. The highest BCUT2D eigenvalue weighted by Crippen LogP contribution is 2.26. The van der Waals surface area contributed by atoms with Crippen LogP contribution in [0.2, 0.25) is 5.02 Å². The zero-order valence-corrected chi connectivity index (χ0v) is 20.4. The molecule has 1 aromatic heterocycles. The molecule has 12 heteroatoms. The maximum Gasteiger partial charge on any atom is 0.354 e. The summed E-state index contributed by atoms with van der Waals surface area (Å²) in [6, 6.07) is 11.8. The van der Waals surface area contributed by atoms with Gasteiger partial charge in [-0.25, -0.2) is 9.78 Å². The fourth-order valence-electron chi connectivity index (χ4n) is 2.44. The van der Waals surface area contributed by atoms with E-state index >= 15 is 0 Å². The largest absolute Gasteiger partial charge is 0.378 e. The Morgan fingerprint density at radius 3 is 2.45 bits per heavy atom. The van der Waals surface area contributed by atoms with Crippen molar-refractivity contribution in [2.24, 2.45) is 0 Å². The summed E-state index contributed by atoms with van der Waals surface area (Å²) in [7, 11) is -4.45. The molecule has 0 aliphatic rings. The molecule has 0 radical (unpaired) electrons. The van der Waals surface area contributed by atoms with Gasteiger partial charge in [0.05, 0.1) is 6.54 Å². The van der Waals surface area contributed by atoms with Gasteiger partial charge in [-0.3, -0.25) is 4.79 Å². The molecule has 1 unspecified atom stereocenters. The third-order valence-corrected chi connectivity index (χ3v) is 8.01. The first kappa shape index (κ1) is 25.2. The van der Waals surface area contributed by atoms with Crippen molar-refractivity contribution in [2.45, 2.75) is 21.8 Å². The molecular weight excluding hydrogens is 508 g/mol. The molecule has 0 saturated heterocycles. The lowest BCUT2D eigenvalue weighted by Crippen LogP contribution is -2.40. The minimum Gasteiger partial charge on any atom is -0.378 e. The van der Waals surface area contributed by atoms with Gasteiger partial charge >= 0.3 is 16.1 Å². The molecule has 0 aliphatic heterocycles. The number of rotatable bonds is 10. The number of hydrogen-bond acceptors (Lipinski definition) is 10. The van der Waals surface area contributed by atoms with Gasteiger partial charge in [-0.1, -0.05) is 23.4 Å². The third kappa shape index (κ3) is 7.02. The summed E-state index contributed by atoms with van der Waals surface area (Å²) in [5, 5.41) is 15.5. The zero-order valence-electron chi connectivity index (χ0n) is 17.2. The van der Waals surface area contributed by atoms with Crippen molar-refractivity contribution < 1.29 is 27.3 Å². The van der Waals surface area contributed by atoms with Crippen molar-refractivity contribution in [3.05, 3.63) is 70.7 Å². The molecule has 0 fully saturated rings. The molecule has 33 heavy (non-hydrogen) atoms. The van der Waals surface area contributed by atoms with E-state index in [1.54, 1.807) is 35.8 Å². The van der Waals surface area contributed by atoms with Gasteiger partial charge < -0.3 is 14.6 Å². The SMILES string of the molecule is CC(O)(CSc1nccs1)C(=O)OS(=O)(=O)c1ccc(NCC(=O)c2ccc(Cl)cc2)cc1. The number of aliphatic hydroxyl groups is 1. The first-order valence-corrected chi connectivity index (χ1v) is 13.1. The topological polar surface area (TPSA) is 123 Å². The lowest BCUT2D eigenvalue weighted by Gasteiger charge is -2.19. The van der Waals surface area contributed by atoms with Crippen molar-refractivity contribution in [2.75, 3.05) is 17.6 Å². The summed E-state index contributed by atoms with van der Waals surface area (Å²) in [6.45, 7) is 1.17. The number of aromatic nitrogens is 1. The van der Waals surface area contributed by atoms with Gasteiger partial charge in [-0.05, 0) is 55.5 Å². The Morgan fingerprint density at radius 2 is 1.85 bits per heavy atom. The smallest absolute Gasteiger partial charge is 0.354 e. The van der Waals surface area contributed by atoms with E-state index in [0.717, 1.165) is 11.8 Å². The average molecular weight is 527 g/mol. The number of thiazole rings is 1. The van der Waals surface area contributed by atoms with Gasteiger partial charge in [0.15, 0.2) is 11.4 Å². The van der Waals surface area contributed by atoms with Crippen molar-refractivity contribution >= 4 is 62.3 Å². The first-order chi connectivity index (χ1) is 15.6. The number of carbonyl (C=O) groups is 2. The molecule has 2 aromatic carbocycles. The van der Waals surface area contributed by atoms with Gasteiger partial charge in [-0.2, -0.15) is 8.42 Å². The second kappa shape index (κ2) is 10.7. The van der Waals surface area contributed by atoms with Crippen LogP contribution in [0.15, 0.2) is 69.3 Å². The number of Topliss-reactive ketones (excluding diaryl/α,β-unsaturated/α-hetero) is 1. The molecule has 3 aromatic rings. The van der Waals surface area contributed by atoms with Crippen LogP contribution in [-0.2, 0) is 19.1 Å². The Labute approximate surface area is 204 Å². The standard InChI is InChI=1S/C21H19ClN2O6S3/c1-21(27,13-32-20-23-10-11-31-20)19(26)30-33(28,29)17-8-6-16(7-9-17)24-12-18(25)14-2-4-15(22)5-3-14/h2-11,24,27H,12-13H2,1H3. The Hall–Kier alpha value is -2.44. The number of anilines is 1. The van der Waals surface area contributed by atoms with Gasteiger partial charge in [0.2, 0.25) is 0 Å². The van der Waals surface area contributed by atoms with Crippen LogP contribution in [0.5, 0.6) is 0 Å². The summed E-state index contributed by atoms with van der Waals surface area (Å²) in [6.07, 6.45) is 1.58. The monoisotopic (exact) mass is 526 g/mol. The summed E-state index contributed by atoms with van der Waals surface area (Å²) >= 11 is 8.25. The maximum atomic E-state index is 12.5. The molecular formula is C21H19ClN2O6S3. The van der Waals surface area contributed by atoms with Crippen molar-refractivity contribution in [3.8, 4) is 0 Å². The van der Waals surface area contributed by atoms with Gasteiger partial charge in [0.1, 0.15) is 9.24 Å². The van der Waals surface area contributed by atoms with E-state index in [2.05, 4.69) is 14.5 Å². The van der Waals surface area contributed by atoms with E-state index in [4.69, 9.17) is 11.6 Å². The molecule has 0 amide bonds. The Morgan fingerprint density at radius 1 is 1.18 bits per heavy atom. The maximum absolute atomic E-state index is 12.5. The number of ketones is 1. The predicted molar refractivity (Wildman–Crippen MR) is 127 cm³/mol. The van der Waals surface area contributed by atoms with Crippen molar-refractivity contribution in [1.82, 2.24) is 4.98 Å². The first-order valence-electron chi connectivity index (χ1n) is 9.43. The molecule has 1 heterocycles. The zero-order chi connectivity index (χ0) is 24.1. The number of nitrogens with one attached hydrogen (secondary N) is 1. The molecule has 174 valence electrons. The predicted octanol–water partition coefficient (Wildman–Crippen LogP) is 3.87. The molecule has 3 rings (SSSR count). The van der Waals surface area contributed by atoms with E-state index in [0.29, 0.717) is 20.6 Å². The van der Waals surface area contributed by atoms with Crippen LogP contribution in [0.3, 0.4) is 0 Å². The summed E-state index contributed by atoms with van der Waals surface area (Å²) in [5.74, 6) is -1.59. The van der Waals surface area contributed by atoms with Crippen molar-refractivity contribution in [1.29, 1.82) is 0 Å². The van der Waals surface area contributed by atoms with Crippen LogP contribution < -0.4 is 5.32 Å². The summed E-state index contributed by atoms with van der Waals surface area (Å²) < 4.78 is 30.2. The number of nitrogens with zero attached hydrogens (tertiary/aromatic N) is 1. The van der Waals surface area contributed by atoms with E-state index in [1.165, 1.54) is 42.5 Å². The normalized spacial score (nSPS) is 13.2. The molecule has 1 atom stereocenters. The molecule has 0 saturated carbocycles. The number of thioether (sulfide) groups is 1. The number of carbonyl (C=O) groups excluding carboxylic acids is 2. The minimum absolute atomic E-state index is 0.0116. The second-order valence-electron chi connectivity index (χ2n) is 6.99. The quantitative estimate of drug-likeness (QED) is 0.230. The summed E-state index contributed by atoms with van der Waals surface area (Å²) in [5.41, 5.74) is -1.06. The fraction of sp³-hybridized carbons (Fsp3) is 0.190. The van der Waals surface area contributed by atoms with E-state index in [9.17, 15) is 23.1 Å². The number of halogens is 1. The van der Waals surface area contributed by atoms with Crippen LogP contribution in [0.1, 0.15) is 17.3 Å². The Bertz CT molecular complexity index is 1210. The number of benzene rings is 2. The van der Waals surface area contributed by atoms with E-state index < -0.39 is 21.7 Å². The molecule has 0 spiro atoms. The minimum atomic E-state index is -4.45. The molecule has 2 N–H and O–H groups in total. The van der Waals surface area contributed by atoms with Crippen LogP contribution in [0.4, 0.5) is 5.69 Å². The van der Waals surface area contributed by atoms with Gasteiger partial charge in [-0.15, -0.1) is 11.3 Å². The van der Waals surface area contributed by atoms with Crippen LogP contribution in [0.25, 0.3) is 0 Å². The highest BCUT2D eigenvalue weighted by Gasteiger charge is 2.36. The highest BCUT2D eigenvalue weighted by atomic mass is 35.5. The molecule has 8 nitrogen and oxygen atoms in total. The van der Waals surface area contributed by atoms with Crippen molar-refractivity contribution in [3.63, 3.8) is 0 Å².